The van der Waals surface area contributed by atoms with Gasteiger partial charge in [-0.1, -0.05) is 13.3 Å². The van der Waals surface area contributed by atoms with E-state index in [1.165, 1.54) is 12.3 Å². The standard InChI is InChI=1S/C22H25FN2O4/c1-3-4-8-24-17-9-14-12-22(6-5-7-22)25-13-16(21(27)29-23)19(26)11-18(25)15(14)10-20(17)28-2/h9-11,13,24H,3-8,12H2,1-2H3. The number of carbonyl (C=O) groups excluding carboxylic acids is 1. The molecular formula is C22H25FN2O4. The summed E-state index contributed by atoms with van der Waals surface area (Å²) in [4.78, 5) is 27.5. The smallest absolute Gasteiger partial charge is 0.384 e. The van der Waals surface area contributed by atoms with E-state index < -0.39 is 11.4 Å². The topological polar surface area (TPSA) is 69.6 Å². The van der Waals surface area contributed by atoms with Crippen LogP contribution in [0.5, 0.6) is 5.75 Å². The molecule has 1 aliphatic heterocycles. The Bertz CT molecular complexity index is 1010. The van der Waals surface area contributed by atoms with Crippen LogP contribution in [0.4, 0.5) is 10.2 Å². The number of rotatable bonds is 6. The van der Waals surface area contributed by atoms with E-state index in [2.05, 4.69) is 23.2 Å². The van der Waals surface area contributed by atoms with Crippen molar-refractivity contribution in [3.8, 4) is 17.0 Å². The van der Waals surface area contributed by atoms with Gasteiger partial charge in [0.1, 0.15) is 11.3 Å². The number of aromatic nitrogens is 1. The number of ether oxygens (including phenoxy) is 1. The normalized spacial score (nSPS) is 15.8. The summed E-state index contributed by atoms with van der Waals surface area (Å²) < 4.78 is 20.0. The average Bonchev–Trinajstić information content (AvgIpc) is 2.70. The molecule has 154 valence electrons. The van der Waals surface area contributed by atoms with Crippen LogP contribution in [-0.4, -0.2) is 24.2 Å². The number of methoxy groups -OCH3 is 1. The molecule has 1 spiro atoms. The first kappa shape index (κ1) is 19.5. The molecule has 1 N–H and O–H groups in total. The summed E-state index contributed by atoms with van der Waals surface area (Å²) in [6.45, 7) is 3.01. The second-order valence-corrected chi connectivity index (χ2v) is 7.92. The molecule has 2 aliphatic rings. The molecule has 1 aromatic heterocycles. The highest BCUT2D eigenvalue weighted by Crippen LogP contribution is 2.50. The summed E-state index contributed by atoms with van der Waals surface area (Å²) in [6.07, 6.45) is 7.37. The number of anilines is 1. The predicted octanol–water partition coefficient (Wildman–Crippen LogP) is 4.21. The zero-order chi connectivity index (χ0) is 20.6. The Morgan fingerprint density at radius 2 is 2.10 bits per heavy atom. The van der Waals surface area contributed by atoms with Gasteiger partial charge in [-0.3, -0.25) is 4.79 Å². The second kappa shape index (κ2) is 7.54. The lowest BCUT2D eigenvalue weighted by Crippen LogP contribution is -2.46. The molecule has 0 bridgehead atoms. The molecule has 0 unspecified atom stereocenters. The minimum Gasteiger partial charge on any atom is -0.495 e. The molecule has 4 rings (SSSR count). The fourth-order valence-electron chi connectivity index (χ4n) is 4.49. The molecule has 0 atom stereocenters. The lowest BCUT2D eigenvalue weighted by Gasteiger charge is -2.48. The summed E-state index contributed by atoms with van der Waals surface area (Å²) in [6, 6.07) is 5.46. The largest absolute Gasteiger partial charge is 0.495 e. The number of benzene rings is 1. The van der Waals surface area contributed by atoms with Crippen LogP contribution in [0, 0.1) is 0 Å². The number of halogens is 1. The fourth-order valence-corrected chi connectivity index (χ4v) is 4.49. The number of fused-ring (bicyclic) bond motifs is 4. The maximum absolute atomic E-state index is 12.5. The van der Waals surface area contributed by atoms with Gasteiger partial charge in [-0.25, -0.2) is 9.74 Å². The number of hydrogen-bond acceptors (Lipinski definition) is 5. The minimum atomic E-state index is -1.25. The molecular weight excluding hydrogens is 375 g/mol. The molecule has 1 aliphatic carbocycles. The van der Waals surface area contributed by atoms with Crippen LogP contribution in [0.15, 0.2) is 29.2 Å². The van der Waals surface area contributed by atoms with Crippen LogP contribution in [0.25, 0.3) is 11.3 Å². The monoisotopic (exact) mass is 400 g/mol. The first-order chi connectivity index (χ1) is 14.0. The van der Waals surface area contributed by atoms with Crippen LogP contribution in [-0.2, 0) is 16.9 Å². The molecule has 2 heterocycles. The second-order valence-electron chi connectivity index (χ2n) is 7.92. The SMILES string of the molecule is CCCCNc1cc2c(cc1OC)-c1cc(=O)c(C(=O)OF)cn1C1(CCC1)C2. The lowest BCUT2D eigenvalue weighted by molar-refractivity contribution is -0.0790. The van der Waals surface area contributed by atoms with Crippen LogP contribution in [0.2, 0.25) is 0 Å². The van der Waals surface area contributed by atoms with E-state index in [4.69, 9.17) is 4.74 Å². The molecule has 1 saturated carbocycles. The Kier molecular flexibility index (Phi) is 5.06. The van der Waals surface area contributed by atoms with Gasteiger partial charge in [0, 0.05) is 34.4 Å². The van der Waals surface area contributed by atoms with E-state index in [-0.39, 0.29) is 11.1 Å². The number of pyridine rings is 1. The van der Waals surface area contributed by atoms with E-state index in [1.807, 2.05) is 10.6 Å². The van der Waals surface area contributed by atoms with Gasteiger partial charge >= 0.3 is 5.97 Å². The Balaban J connectivity index is 1.86. The summed E-state index contributed by atoms with van der Waals surface area (Å²) in [7, 11) is 1.62. The Hall–Kier alpha value is -2.83. The maximum Gasteiger partial charge on any atom is 0.384 e. The number of unbranched alkanes of at least 4 members (excludes halogenated alkanes) is 1. The third-order valence-corrected chi connectivity index (χ3v) is 6.20. The van der Waals surface area contributed by atoms with Crippen molar-refractivity contribution in [1.29, 1.82) is 0 Å². The third kappa shape index (κ3) is 3.18. The van der Waals surface area contributed by atoms with Gasteiger partial charge in [0.15, 0.2) is 5.43 Å². The molecule has 1 aromatic carbocycles. The highest BCUT2D eigenvalue weighted by atomic mass is 19.3. The van der Waals surface area contributed by atoms with E-state index >= 15 is 0 Å². The van der Waals surface area contributed by atoms with Crippen LogP contribution in [0.1, 0.15) is 54.9 Å². The molecule has 0 amide bonds. The molecule has 0 radical (unpaired) electrons. The quantitative estimate of drug-likeness (QED) is 0.736. The van der Waals surface area contributed by atoms with Crippen LogP contribution >= 0.6 is 0 Å². The van der Waals surface area contributed by atoms with Crippen molar-refractivity contribution < 1.29 is 19.0 Å². The molecule has 2 aromatic rings. The highest BCUT2D eigenvalue weighted by molar-refractivity contribution is 5.89. The van der Waals surface area contributed by atoms with Crippen LogP contribution in [0.3, 0.4) is 0 Å². The summed E-state index contributed by atoms with van der Waals surface area (Å²) in [5.41, 5.74) is 2.69. The Morgan fingerprint density at radius 3 is 2.72 bits per heavy atom. The predicted molar refractivity (Wildman–Crippen MR) is 108 cm³/mol. The number of hydrogen-bond donors (Lipinski definition) is 1. The van der Waals surface area contributed by atoms with Crippen molar-refractivity contribution in [3.05, 3.63) is 45.7 Å². The first-order valence-corrected chi connectivity index (χ1v) is 10.1. The third-order valence-electron chi connectivity index (χ3n) is 6.20. The van der Waals surface area contributed by atoms with Gasteiger partial charge in [-0.15, -0.1) is 0 Å². The minimum absolute atomic E-state index is 0.198. The van der Waals surface area contributed by atoms with Crippen molar-refractivity contribution in [1.82, 2.24) is 4.57 Å². The van der Waals surface area contributed by atoms with E-state index in [9.17, 15) is 14.1 Å². The average molecular weight is 400 g/mol. The van der Waals surface area contributed by atoms with Crippen molar-refractivity contribution in [2.45, 2.75) is 51.0 Å². The molecule has 0 saturated heterocycles. The van der Waals surface area contributed by atoms with E-state index in [0.29, 0.717) is 5.75 Å². The number of carbonyl (C=O) groups is 1. The zero-order valence-corrected chi connectivity index (χ0v) is 16.7. The molecule has 7 heteroatoms. The number of nitrogens with one attached hydrogen (secondary N) is 1. The van der Waals surface area contributed by atoms with Crippen LogP contribution < -0.4 is 15.5 Å². The molecule has 29 heavy (non-hydrogen) atoms. The fraction of sp³-hybridized carbons (Fsp3) is 0.455. The summed E-state index contributed by atoms with van der Waals surface area (Å²) in [5, 5.41) is 3.45. The summed E-state index contributed by atoms with van der Waals surface area (Å²) in [5.74, 6) is -0.547. The van der Waals surface area contributed by atoms with Crippen molar-refractivity contribution in [2.75, 3.05) is 19.0 Å². The Morgan fingerprint density at radius 1 is 1.31 bits per heavy atom. The highest BCUT2D eigenvalue weighted by Gasteiger charge is 2.43. The zero-order valence-electron chi connectivity index (χ0n) is 16.7. The maximum atomic E-state index is 12.5. The van der Waals surface area contributed by atoms with E-state index in [1.54, 1.807) is 7.11 Å². The first-order valence-electron chi connectivity index (χ1n) is 10.1. The molecule has 1 fully saturated rings. The van der Waals surface area contributed by atoms with Gasteiger partial charge in [0.05, 0.1) is 18.5 Å². The Labute approximate surface area is 168 Å². The van der Waals surface area contributed by atoms with Crippen molar-refractivity contribution in [2.24, 2.45) is 0 Å². The van der Waals surface area contributed by atoms with Gasteiger partial charge in [-0.2, -0.15) is 0 Å². The van der Waals surface area contributed by atoms with Crippen molar-refractivity contribution >= 4 is 11.7 Å². The molecule has 6 nitrogen and oxygen atoms in total. The number of nitrogens with zero attached hydrogens (tertiary/aromatic N) is 1. The van der Waals surface area contributed by atoms with Gasteiger partial charge < -0.3 is 14.6 Å². The van der Waals surface area contributed by atoms with E-state index in [0.717, 1.165) is 67.6 Å². The van der Waals surface area contributed by atoms with Gasteiger partial charge in [0.25, 0.3) is 0 Å². The van der Waals surface area contributed by atoms with Gasteiger partial charge in [-0.05, 0) is 49.8 Å². The lowest BCUT2D eigenvalue weighted by atomic mass is 9.69. The summed E-state index contributed by atoms with van der Waals surface area (Å²) >= 11 is 0. The van der Waals surface area contributed by atoms with Gasteiger partial charge in [0.2, 0.25) is 0 Å². The van der Waals surface area contributed by atoms with Crippen molar-refractivity contribution in [3.63, 3.8) is 0 Å².